The van der Waals surface area contributed by atoms with Crippen LogP contribution >= 0.6 is 22.7 Å². The first-order valence-electron chi connectivity index (χ1n) is 5.97. The maximum atomic E-state index is 13.8. The van der Waals surface area contributed by atoms with Crippen LogP contribution in [0.15, 0.2) is 24.4 Å². The maximum Gasteiger partial charge on any atom is 0.267 e. The highest BCUT2D eigenvalue weighted by molar-refractivity contribution is 7.21. The van der Waals surface area contributed by atoms with Crippen molar-refractivity contribution in [1.82, 2.24) is 4.98 Å². The van der Waals surface area contributed by atoms with Gasteiger partial charge < -0.3 is 0 Å². The van der Waals surface area contributed by atoms with Crippen LogP contribution in [0.25, 0.3) is 10.1 Å². The largest absolute Gasteiger partial charge is 0.297 e. The average Bonchev–Trinajstić information content (AvgIpc) is 2.95. The van der Waals surface area contributed by atoms with Crippen molar-refractivity contribution in [3.63, 3.8) is 0 Å². The summed E-state index contributed by atoms with van der Waals surface area (Å²) >= 11 is 2.71. The van der Waals surface area contributed by atoms with Gasteiger partial charge in [-0.15, -0.1) is 22.7 Å². The van der Waals surface area contributed by atoms with Crippen LogP contribution in [-0.2, 0) is 0 Å². The lowest BCUT2D eigenvalue weighted by Crippen LogP contribution is -2.10. The number of halogens is 1. The summed E-state index contributed by atoms with van der Waals surface area (Å²) in [6, 6.07) is 4.88. The van der Waals surface area contributed by atoms with Crippen LogP contribution in [0.3, 0.4) is 0 Å². The Balaban J connectivity index is 1.99. The van der Waals surface area contributed by atoms with E-state index < -0.39 is 0 Å². The SMILES string of the molecule is Cc1cnc(NC(=O)c2sc3cccc(F)c3c2C)s1. The number of aryl methyl sites for hydroxylation is 2. The predicted octanol–water partition coefficient (Wildman–Crippen LogP) is 4.37. The fourth-order valence-corrected chi connectivity index (χ4v) is 3.81. The summed E-state index contributed by atoms with van der Waals surface area (Å²) < 4.78 is 14.6. The van der Waals surface area contributed by atoms with E-state index in [4.69, 9.17) is 0 Å². The van der Waals surface area contributed by atoms with E-state index in [2.05, 4.69) is 10.3 Å². The second-order valence-electron chi connectivity index (χ2n) is 4.40. The summed E-state index contributed by atoms with van der Waals surface area (Å²) in [6.07, 6.45) is 1.71. The Hall–Kier alpha value is -1.79. The smallest absolute Gasteiger partial charge is 0.267 e. The molecule has 0 unspecified atom stereocenters. The fraction of sp³-hybridized carbons (Fsp3) is 0.143. The van der Waals surface area contributed by atoms with Gasteiger partial charge in [0.05, 0.1) is 4.88 Å². The third kappa shape index (κ3) is 2.21. The van der Waals surface area contributed by atoms with Gasteiger partial charge in [-0.2, -0.15) is 0 Å². The molecular formula is C14H11FN2OS2. The van der Waals surface area contributed by atoms with Crippen LogP contribution in [0.4, 0.5) is 9.52 Å². The standard InChI is InChI=1S/C14H11FN2OS2/c1-7-6-16-14(19-7)17-13(18)12-8(2)11-9(15)4-3-5-10(11)20-12/h3-6H,1-2H3,(H,16,17,18). The highest BCUT2D eigenvalue weighted by Gasteiger charge is 2.18. The Morgan fingerprint density at radius 2 is 2.10 bits per heavy atom. The summed E-state index contributed by atoms with van der Waals surface area (Å²) in [7, 11) is 0. The van der Waals surface area contributed by atoms with E-state index >= 15 is 0 Å². The van der Waals surface area contributed by atoms with Crippen molar-refractivity contribution >= 4 is 43.8 Å². The van der Waals surface area contributed by atoms with E-state index in [9.17, 15) is 9.18 Å². The number of benzene rings is 1. The molecule has 6 heteroatoms. The molecule has 0 spiro atoms. The third-order valence-corrected chi connectivity index (χ3v) is 5.03. The summed E-state index contributed by atoms with van der Waals surface area (Å²) in [5.41, 5.74) is 0.675. The minimum absolute atomic E-state index is 0.238. The first-order valence-corrected chi connectivity index (χ1v) is 7.61. The zero-order valence-electron chi connectivity index (χ0n) is 10.9. The van der Waals surface area contributed by atoms with E-state index in [0.29, 0.717) is 21.0 Å². The maximum absolute atomic E-state index is 13.8. The molecule has 20 heavy (non-hydrogen) atoms. The average molecular weight is 306 g/mol. The predicted molar refractivity (Wildman–Crippen MR) is 81.3 cm³/mol. The van der Waals surface area contributed by atoms with Gasteiger partial charge in [0, 0.05) is 21.2 Å². The molecule has 1 amide bonds. The van der Waals surface area contributed by atoms with Crippen LogP contribution in [-0.4, -0.2) is 10.9 Å². The highest BCUT2D eigenvalue weighted by Crippen LogP contribution is 2.33. The number of carbonyl (C=O) groups excluding carboxylic acids is 1. The van der Waals surface area contributed by atoms with Gasteiger partial charge >= 0.3 is 0 Å². The minimum atomic E-state index is -0.291. The van der Waals surface area contributed by atoms with Crippen molar-refractivity contribution in [3.05, 3.63) is 45.5 Å². The quantitative estimate of drug-likeness (QED) is 0.764. The Morgan fingerprint density at radius 1 is 1.30 bits per heavy atom. The van der Waals surface area contributed by atoms with E-state index in [1.165, 1.54) is 28.7 Å². The third-order valence-electron chi connectivity index (χ3n) is 2.95. The molecule has 2 aromatic heterocycles. The number of anilines is 1. The Bertz CT molecular complexity index is 807. The number of carbonyl (C=O) groups is 1. The van der Waals surface area contributed by atoms with Gasteiger partial charge in [-0.3, -0.25) is 10.1 Å². The zero-order chi connectivity index (χ0) is 14.3. The summed E-state index contributed by atoms with van der Waals surface area (Å²) in [5.74, 6) is -0.530. The van der Waals surface area contributed by atoms with Crippen LogP contribution in [0.2, 0.25) is 0 Å². The molecule has 1 aromatic carbocycles. The van der Waals surface area contributed by atoms with Gasteiger partial charge in [-0.25, -0.2) is 9.37 Å². The molecule has 3 nitrogen and oxygen atoms in total. The molecule has 0 aliphatic rings. The summed E-state index contributed by atoms with van der Waals surface area (Å²) in [6.45, 7) is 3.69. The monoisotopic (exact) mass is 306 g/mol. The second-order valence-corrected chi connectivity index (χ2v) is 6.69. The molecule has 2 heterocycles. The van der Waals surface area contributed by atoms with Crippen molar-refractivity contribution in [1.29, 1.82) is 0 Å². The number of nitrogens with one attached hydrogen (secondary N) is 1. The van der Waals surface area contributed by atoms with Crippen LogP contribution in [0, 0.1) is 19.7 Å². The van der Waals surface area contributed by atoms with E-state index in [0.717, 1.165) is 9.58 Å². The number of fused-ring (bicyclic) bond motifs is 1. The molecule has 0 bridgehead atoms. The van der Waals surface area contributed by atoms with E-state index in [1.54, 1.807) is 19.2 Å². The molecule has 0 fully saturated rings. The van der Waals surface area contributed by atoms with E-state index in [1.807, 2.05) is 13.0 Å². The summed E-state index contributed by atoms with van der Waals surface area (Å²) in [5, 5.41) is 3.84. The lowest BCUT2D eigenvalue weighted by Gasteiger charge is -2.00. The zero-order valence-corrected chi connectivity index (χ0v) is 12.5. The van der Waals surface area contributed by atoms with Crippen molar-refractivity contribution in [2.45, 2.75) is 13.8 Å². The minimum Gasteiger partial charge on any atom is -0.297 e. The van der Waals surface area contributed by atoms with E-state index in [-0.39, 0.29) is 11.7 Å². The molecule has 0 atom stereocenters. The Kier molecular flexibility index (Phi) is 3.27. The molecule has 0 saturated carbocycles. The van der Waals surface area contributed by atoms with Crippen LogP contribution in [0.5, 0.6) is 0 Å². The molecule has 0 saturated heterocycles. The number of amides is 1. The first kappa shape index (κ1) is 13.2. The molecule has 3 aromatic rings. The number of thiophene rings is 1. The topological polar surface area (TPSA) is 42.0 Å². The number of nitrogens with zero attached hydrogens (tertiary/aromatic N) is 1. The second kappa shape index (κ2) is 4.96. The molecule has 0 aliphatic heterocycles. The molecular weight excluding hydrogens is 295 g/mol. The van der Waals surface area contributed by atoms with Gasteiger partial charge in [0.25, 0.3) is 5.91 Å². The Morgan fingerprint density at radius 3 is 2.75 bits per heavy atom. The number of thiazole rings is 1. The van der Waals surface area contributed by atoms with Gasteiger partial charge in [-0.1, -0.05) is 6.07 Å². The highest BCUT2D eigenvalue weighted by atomic mass is 32.1. The first-order chi connectivity index (χ1) is 9.56. The van der Waals surface area contributed by atoms with Gasteiger partial charge in [0.2, 0.25) is 0 Å². The number of aromatic nitrogens is 1. The lowest BCUT2D eigenvalue weighted by atomic mass is 10.1. The normalized spacial score (nSPS) is 10.9. The number of rotatable bonds is 2. The van der Waals surface area contributed by atoms with Gasteiger partial charge in [0.15, 0.2) is 5.13 Å². The van der Waals surface area contributed by atoms with Crippen molar-refractivity contribution in [2.24, 2.45) is 0 Å². The summed E-state index contributed by atoms with van der Waals surface area (Å²) in [4.78, 5) is 17.9. The van der Waals surface area contributed by atoms with Gasteiger partial charge in [-0.05, 0) is 31.5 Å². The van der Waals surface area contributed by atoms with Crippen LogP contribution in [0.1, 0.15) is 20.1 Å². The van der Waals surface area contributed by atoms with Crippen LogP contribution < -0.4 is 5.32 Å². The van der Waals surface area contributed by atoms with Gasteiger partial charge in [0.1, 0.15) is 5.82 Å². The molecule has 3 rings (SSSR count). The molecule has 0 radical (unpaired) electrons. The fourth-order valence-electron chi connectivity index (χ4n) is 2.04. The number of hydrogen-bond donors (Lipinski definition) is 1. The molecule has 0 aliphatic carbocycles. The lowest BCUT2D eigenvalue weighted by molar-refractivity contribution is 0.103. The molecule has 102 valence electrons. The Labute approximate surface area is 123 Å². The van der Waals surface area contributed by atoms with Crippen molar-refractivity contribution < 1.29 is 9.18 Å². The number of hydrogen-bond acceptors (Lipinski definition) is 4. The van der Waals surface area contributed by atoms with Crippen molar-refractivity contribution in [3.8, 4) is 0 Å². The molecule has 1 N–H and O–H groups in total. The van der Waals surface area contributed by atoms with Crippen molar-refractivity contribution in [2.75, 3.05) is 5.32 Å².